The van der Waals surface area contributed by atoms with Crippen molar-refractivity contribution in [2.24, 2.45) is 0 Å². The molecule has 2 aromatic rings. The van der Waals surface area contributed by atoms with Gasteiger partial charge in [-0.25, -0.2) is 9.18 Å². The third-order valence-corrected chi connectivity index (χ3v) is 5.13. The highest BCUT2D eigenvalue weighted by Gasteiger charge is 2.16. The second kappa shape index (κ2) is 10.3. The zero-order chi connectivity index (χ0) is 21.5. The number of carbonyl (C=O) groups excluding carboxylic acids is 1. The summed E-state index contributed by atoms with van der Waals surface area (Å²) in [4.78, 5) is 13.9. The number of benzene rings is 2. The van der Waals surface area contributed by atoms with Gasteiger partial charge in [0.05, 0.1) is 26.0 Å². The van der Waals surface area contributed by atoms with Crippen LogP contribution in [0.5, 0.6) is 5.75 Å². The Morgan fingerprint density at radius 2 is 2.00 bits per heavy atom. The second-order valence-electron chi connectivity index (χ2n) is 7.22. The summed E-state index contributed by atoms with van der Waals surface area (Å²) < 4.78 is 25.0. The van der Waals surface area contributed by atoms with Crippen molar-refractivity contribution in [1.82, 2.24) is 10.2 Å². The van der Waals surface area contributed by atoms with Gasteiger partial charge in [-0.2, -0.15) is 0 Å². The number of nitrogens with one attached hydrogen (secondary N) is 3. The Kier molecular flexibility index (Phi) is 7.48. The quantitative estimate of drug-likeness (QED) is 0.643. The molecule has 3 rings (SSSR count). The molecule has 0 radical (unpaired) electrons. The summed E-state index contributed by atoms with van der Waals surface area (Å²) in [6.07, 6.45) is 0. The van der Waals surface area contributed by atoms with E-state index in [0.717, 1.165) is 49.7 Å². The number of nitrogens with zero attached hydrogens (tertiary/aromatic N) is 1. The molecule has 7 nitrogen and oxygen atoms in total. The molecular formula is C22H29FN4O3. The molecule has 1 fully saturated rings. The van der Waals surface area contributed by atoms with Gasteiger partial charge in [-0.1, -0.05) is 6.07 Å². The van der Waals surface area contributed by atoms with Crippen molar-refractivity contribution in [2.45, 2.75) is 19.5 Å². The van der Waals surface area contributed by atoms with E-state index in [-0.39, 0.29) is 11.7 Å². The lowest BCUT2D eigenvalue weighted by atomic mass is 10.0. The van der Waals surface area contributed by atoms with Gasteiger partial charge >= 0.3 is 6.03 Å². The molecule has 1 aliphatic heterocycles. The minimum Gasteiger partial charge on any atom is -0.496 e. The van der Waals surface area contributed by atoms with Gasteiger partial charge in [0.2, 0.25) is 0 Å². The molecule has 2 amide bonds. The molecule has 1 saturated heterocycles. The summed E-state index contributed by atoms with van der Waals surface area (Å²) in [5, 5.41) is 8.27. The lowest BCUT2D eigenvalue weighted by Gasteiger charge is -2.27. The monoisotopic (exact) mass is 416 g/mol. The van der Waals surface area contributed by atoms with Crippen LogP contribution in [0.25, 0.3) is 0 Å². The minimum absolute atomic E-state index is 0.0299. The molecule has 0 aromatic heterocycles. The Morgan fingerprint density at radius 1 is 1.23 bits per heavy atom. The number of hydrogen-bond donors (Lipinski definition) is 3. The summed E-state index contributed by atoms with van der Waals surface area (Å²) in [6.45, 7) is 6.13. The Morgan fingerprint density at radius 3 is 2.70 bits per heavy atom. The van der Waals surface area contributed by atoms with E-state index in [1.54, 1.807) is 19.2 Å². The van der Waals surface area contributed by atoms with E-state index in [2.05, 4.69) is 26.9 Å². The van der Waals surface area contributed by atoms with Crippen LogP contribution in [0.3, 0.4) is 0 Å². The number of methoxy groups -OCH3 is 1. The van der Waals surface area contributed by atoms with Gasteiger partial charge in [0.1, 0.15) is 11.6 Å². The number of halogens is 1. The molecule has 0 saturated carbocycles. The number of carbonyl (C=O) groups is 1. The number of rotatable bonds is 7. The van der Waals surface area contributed by atoms with Crippen LogP contribution in [0.2, 0.25) is 0 Å². The fraction of sp³-hybridized carbons (Fsp3) is 0.409. The molecule has 3 N–H and O–H groups in total. The molecular weight excluding hydrogens is 387 g/mol. The summed E-state index contributed by atoms with van der Waals surface area (Å²) >= 11 is 0. The molecule has 30 heavy (non-hydrogen) atoms. The van der Waals surface area contributed by atoms with E-state index in [0.29, 0.717) is 5.69 Å². The van der Waals surface area contributed by atoms with E-state index in [9.17, 15) is 9.18 Å². The van der Waals surface area contributed by atoms with E-state index in [4.69, 9.17) is 9.47 Å². The number of anilines is 2. The van der Waals surface area contributed by atoms with E-state index >= 15 is 0 Å². The van der Waals surface area contributed by atoms with Gasteiger partial charge in [-0.05, 0) is 42.8 Å². The van der Waals surface area contributed by atoms with Crippen LogP contribution in [0, 0.1) is 5.82 Å². The van der Waals surface area contributed by atoms with Crippen LogP contribution in [0.1, 0.15) is 24.1 Å². The van der Waals surface area contributed by atoms with Gasteiger partial charge < -0.3 is 25.4 Å². The molecule has 1 unspecified atom stereocenters. The van der Waals surface area contributed by atoms with Crippen molar-refractivity contribution < 1.29 is 18.7 Å². The second-order valence-corrected chi connectivity index (χ2v) is 7.22. The maximum Gasteiger partial charge on any atom is 0.319 e. The first-order valence-corrected chi connectivity index (χ1v) is 10.0. The largest absolute Gasteiger partial charge is 0.496 e. The third-order valence-electron chi connectivity index (χ3n) is 5.13. The van der Waals surface area contributed by atoms with Gasteiger partial charge in [-0.3, -0.25) is 4.90 Å². The Balaban J connectivity index is 1.74. The smallest absolute Gasteiger partial charge is 0.319 e. The van der Waals surface area contributed by atoms with E-state index < -0.39 is 11.8 Å². The summed E-state index contributed by atoms with van der Waals surface area (Å²) in [5.41, 5.74) is 3.03. The van der Waals surface area contributed by atoms with Crippen LogP contribution in [0.4, 0.5) is 20.6 Å². The average molecular weight is 416 g/mol. The lowest BCUT2D eigenvalue weighted by Crippen LogP contribution is -2.35. The molecule has 1 atom stereocenters. The Bertz CT molecular complexity index is 871. The van der Waals surface area contributed by atoms with Crippen molar-refractivity contribution in [3.8, 4) is 5.75 Å². The van der Waals surface area contributed by atoms with Crippen LogP contribution < -0.4 is 20.7 Å². The van der Waals surface area contributed by atoms with Crippen molar-refractivity contribution in [3.05, 3.63) is 53.3 Å². The highest BCUT2D eigenvalue weighted by atomic mass is 19.1. The zero-order valence-electron chi connectivity index (χ0n) is 17.6. The number of ether oxygens (including phenoxy) is 2. The standard InChI is InChI=1S/C22H29FN4O3/c1-15(25-18-5-6-19(23)20(13-18)26-22(28)24-2)16-4-7-21(29-3)17(12-16)14-27-8-10-30-11-9-27/h4-7,12-13,15,25H,8-11,14H2,1-3H3,(H2,24,26,28). The molecule has 162 valence electrons. The fourth-order valence-electron chi connectivity index (χ4n) is 3.42. The van der Waals surface area contributed by atoms with E-state index in [1.807, 2.05) is 19.1 Å². The number of morpholine rings is 1. The first-order chi connectivity index (χ1) is 14.5. The van der Waals surface area contributed by atoms with Crippen molar-refractivity contribution in [3.63, 3.8) is 0 Å². The van der Waals surface area contributed by atoms with Crippen molar-refractivity contribution in [2.75, 3.05) is 51.1 Å². The predicted molar refractivity (Wildman–Crippen MR) is 116 cm³/mol. The molecule has 0 aliphatic carbocycles. The van der Waals surface area contributed by atoms with Crippen LogP contribution in [-0.2, 0) is 11.3 Å². The molecule has 2 aromatic carbocycles. The Labute approximate surface area is 176 Å². The highest BCUT2D eigenvalue weighted by molar-refractivity contribution is 5.89. The maximum absolute atomic E-state index is 14.0. The average Bonchev–Trinajstić information content (AvgIpc) is 2.76. The lowest BCUT2D eigenvalue weighted by molar-refractivity contribution is 0.0339. The minimum atomic E-state index is -0.492. The fourth-order valence-corrected chi connectivity index (χ4v) is 3.42. The zero-order valence-corrected chi connectivity index (χ0v) is 17.6. The maximum atomic E-state index is 14.0. The molecule has 1 heterocycles. The normalized spacial score (nSPS) is 15.3. The summed E-state index contributed by atoms with van der Waals surface area (Å²) in [6, 6.07) is 10.2. The number of urea groups is 1. The van der Waals surface area contributed by atoms with Crippen LogP contribution in [0.15, 0.2) is 36.4 Å². The van der Waals surface area contributed by atoms with Gasteiger partial charge in [0.25, 0.3) is 0 Å². The van der Waals surface area contributed by atoms with Crippen molar-refractivity contribution in [1.29, 1.82) is 0 Å². The van der Waals surface area contributed by atoms with Gasteiger partial charge in [0, 0.05) is 44.0 Å². The SMILES string of the molecule is CNC(=O)Nc1cc(NC(C)c2ccc(OC)c(CN3CCOCC3)c2)ccc1F. The topological polar surface area (TPSA) is 74.9 Å². The molecule has 1 aliphatic rings. The summed E-state index contributed by atoms with van der Waals surface area (Å²) in [7, 11) is 3.16. The first kappa shape index (κ1) is 21.9. The van der Waals surface area contributed by atoms with Crippen molar-refractivity contribution >= 4 is 17.4 Å². The van der Waals surface area contributed by atoms with Gasteiger partial charge in [-0.15, -0.1) is 0 Å². The van der Waals surface area contributed by atoms with Gasteiger partial charge in [0.15, 0.2) is 0 Å². The van der Waals surface area contributed by atoms with Crippen LogP contribution in [-0.4, -0.2) is 51.4 Å². The molecule has 0 spiro atoms. The number of amides is 2. The highest BCUT2D eigenvalue weighted by Crippen LogP contribution is 2.28. The third kappa shape index (κ3) is 5.61. The molecule has 8 heteroatoms. The summed E-state index contributed by atoms with van der Waals surface area (Å²) in [5.74, 6) is 0.366. The van der Waals surface area contributed by atoms with Crippen LogP contribution >= 0.6 is 0 Å². The Hall–Kier alpha value is -2.84. The first-order valence-electron chi connectivity index (χ1n) is 10.0. The number of hydrogen-bond acceptors (Lipinski definition) is 5. The predicted octanol–water partition coefficient (Wildman–Crippen LogP) is 3.59. The molecule has 0 bridgehead atoms. The van der Waals surface area contributed by atoms with E-state index in [1.165, 1.54) is 13.1 Å².